The van der Waals surface area contributed by atoms with Crippen LogP contribution in [0.3, 0.4) is 0 Å². The summed E-state index contributed by atoms with van der Waals surface area (Å²) in [5.74, 6) is 0.00163. The number of aromatic nitrogens is 1. The largest absolute Gasteiger partial charge is 0.383 e. The fourth-order valence-electron chi connectivity index (χ4n) is 1.90. The Morgan fingerprint density at radius 3 is 2.76 bits per heavy atom. The summed E-state index contributed by atoms with van der Waals surface area (Å²) >= 11 is 0. The molecule has 0 radical (unpaired) electrons. The molecule has 3 N–H and O–H groups in total. The fraction of sp³-hybridized carbons (Fsp3) is 0.286. The van der Waals surface area contributed by atoms with Gasteiger partial charge in [0.25, 0.3) is 12.3 Å². The third-order valence-corrected chi connectivity index (χ3v) is 2.85. The SMILES string of the molecule is Nc1ncc(C(=O)NCCOCC(F)F)c2ccccc12. The third kappa shape index (κ3) is 3.85. The van der Waals surface area contributed by atoms with E-state index in [0.717, 1.165) is 0 Å². The third-order valence-electron chi connectivity index (χ3n) is 2.85. The lowest BCUT2D eigenvalue weighted by atomic mass is 10.1. The Labute approximate surface area is 120 Å². The zero-order chi connectivity index (χ0) is 15.2. The zero-order valence-corrected chi connectivity index (χ0v) is 11.2. The molecule has 1 aromatic carbocycles. The van der Waals surface area contributed by atoms with E-state index in [1.54, 1.807) is 24.3 Å². The van der Waals surface area contributed by atoms with E-state index in [2.05, 4.69) is 15.0 Å². The Bertz CT molecular complexity index is 635. The molecule has 0 bridgehead atoms. The van der Waals surface area contributed by atoms with Crippen LogP contribution < -0.4 is 11.1 Å². The molecule has 1 aromatic heterocycles. The molecule has 112 valence electrons. The lowest BCUT2D eigenvalue weighted by Gasteiger charge is -2.09. The maximum absolute atomic E-state index is 12.1. The van der Waals surface area contributed by atoms with Crippen molar-refractivity contribution in [2.45, 2.75) is 6.43 Å². The van der Waals surface area contributed by atoms with Crippen molar-refractivity contribution in [1.29, 1.82) is 0 Å². The van der Waals surface area contributed by atoms with Gasteiger partial charge in [-0.3, -0.25) is 4.79 Å². The van der Waals surface area contributed by atoms with Gasteiger partial charge in [-0.1, -0.05) is 24.3 Å². The molecule has 0 spiro atoms. The Morgan fingerprint density at radius 2 is 2.05 bits per heavy atom. The number of fused-ring (bicyclic) bond motifs is 1. The Morgan fingerprint density at radius 1 is 1.33 bits per heavy atom. The number of nitrogens with two attached hydrogens (primary N) is 1. The van der Waals surface area contributed by atoms with Gasteiger partial charge in [0, 0.05) is 18.1 Å². The monoisotopic (exact) mass is 295 g/mol. The maximum atomic E-state index is 12.1. The molecule has 2 rings (SSSR count). The average molecular weight is 295 g/mol. The Kier molecular flexibility index (Phi) is 4.99. The number of pyridine rings is 1. The molecule has 0 unspecified atom stereocenters. The number of amides is 1. The molecule has 2 aromatic rings. The summed E-state index contributed by atoms with van der Waals surface area (Å²) in [6.45, 7) is -0.469. The van der Waals surface area contributed by atoms with Crippen LogP contribution in [-0.2, 0) is 4.74 Å². The van der Waals surface area contributed by atoms with Crippen molar-refractivity contribution < 1.29 is 18.3 Å². The maximum Gasteiger partial charge on any atom is 0.261 e. The van der Waals surface area contributed by atoms with E-state index in [4.69, 9.17) is 5.73 Å². The van der Waals surface area contributed by atoms with Gasteiger partial charge in [0.15, 0.2) is 0 Å². The molecule has 5 nitrogen and oxygen atoms in total. The molecule has 0 aliphatic rings. The van der Waals surface area contributed by atoms with Gasteiger partial charge in [-0.05, 0) is 5.39 Å². The van der Waals surface area contributed by atoms with Crippen molar-refractivity contribution in [2.24, 2.45) is 0 Å². The van der Waals surface area contributed by atoms with E-state index in [0.29, 0.717) is 22.2 Å². The smallest absolute Gasteiger partial charge is 0.261 e. The van der Waals surface area contributed by atoms with Gasteiger partial charge in [-0.15, -0.1) is 0 Å². The molecule has 0 aliphatic carbocycles. The number of hydrogen-bond acceptors (Lipinski definition) is 4. The first-order valence-corrected chi connectivity index (χ1v) is 6.37. The number of halogens is 2. The topological polar surface area (TPSA) is 77.2 Å². The van der Waals surface area contributed by atoms with Crippen LogP contribution in [-0.4, -0.2) is 37.1 Å². The minimum atomic E-state index is -2.51. The highest BCUT2D eigenvalue weighted by Gasteiger charge is 2.12. The van der Waals surface area contributed by atoms with Crippen LogP contribution in [0.1, 0.15) is 10.4 Å². The van der Waals surface area contributed by atoms with E-state index in [-0.39, 0.29) is 19.1 Å². The van der Waals surface area contributed by atoms with E-state index in [9.17, 15) is 13.6 Å². The summed E-state index contributed by atoms with van der Waals surface area (Å²) in [6.07, 6.45) is -1.11. The minimum absolute atomic E-state index is 0.0242. The van der Waals surface area contributed by atoms with Gasteiger partial charge >= 0.3 is 0 Å². The second kappa shape index (κ2) is 6.94. The molecule has 0 fully saturated rings. The Balaban J connectivity index is 2.02. The van der Waals surface area contributed by atoms with Gasteiger partial charge in [0.05, 0.1) is 12.2 Å². The highest BCUT2D eigenvalue weighted by molar-refractivity contribution is 6.08. The molecule has 0 aliphatic heterocycles. The van der Waals surface area contributed by atoms with Gasteiger partial charge < -0.3 is 15.8 Å². The van der Waals surface area contributed by atoms with E-state index >= 15 is 0 Å². The minimum Gasteiger partial charge on any atom is -0.383 e. The number of nitrogens with zero attached hydrogens (tertiary/aromatic N) is 1. The van der Waals surface area contributed by atoms with Gasteiger partial charge in [0.2, 0.25) is 0 Å². The second-order valence-corrected chi connectivity index (χ2v) is 4.32. The first kappa shape index (κ1) is 15.1. The molecule has 0 saturated heterocycles. The van der Waals surface area contributed by atoms with Crippen LogP contribution in [0.15, 0.2) is 30.5 Å². The predicted octanol–water partition coefficient (Wildman–Crippen LogP) is 1.83. The van der Waals surface area contributed by atoms with Gasteiger partial charge in [-0.2, -0.15) is 0 Å². The number of carbonyl (C=O) groups is 1. The van der Waals surface area contributed by atoms with Crippen molar-refractivity contribution >= 4 is 22.5 Å². The van der Waals surface area contributed by atoms with Crippen LogP contribution in [0.5, 0.6) is 0 Å². The molecular formula is C14H15F2N3O2. The number of ether oxygens (including phenoxy) is 1. The van der Waals surface area contributed by atoms with E-state index < -0.39 is 13.0 Å². The standard InChI is InChI=1S/C14H15F2N3O2/c15-12(16)8-21-6-5-18-14(20)11-7-19-13(17)10-4-2-1-3-9(10)11/h1-4,7,12H,5-6,8H2,(H2,17,19)(H,18,20). The number of nitrogens with one attached hydrogen (secondary N) is 1. The summed E-state index contributed by atoms with van der Waals surface area (Å²) in [5, 5.41) is 3.98. The first-order chi connectivity index (χ1) is 10.1. The van der Waals surface area contributed by atoms with Crippen LogP contribution in [0.25, 0.3) is 10.8 Å². The van der Waals surface area contributed by atoms with Crippen molar-refractivity contribution in [3.8, 4) is 0 Å². The fourth-order valence-corrected chi connectivity index (χ4v) is 1.90. The molecule has 0 saturated carbocycles. The Hall–Kier alpha value is -2.28. The molecule has 1 amide bonds. The lowest BCUT2D eigenvalue weighted by molar-refractivity contribution is 0.0188. The summed E-state index contributed by atoms with van der Waals surface area (Å²) in [6, 6.07) is 7.15. The quantitative estimate of drug-likeness (QED) is 0.797. The molecule has 21 heavy (non-hydrogen) atoms. The molecule has 1 heterocycles. The van der Waals surface area contributed by atoms with Crippen molar-refractivity contribution in [3.05, 3.63) is 36.0 Å². The van der Waals surface area contributed by atoms with E-state index in [1.165, 1.54) is 6.20 Å². The predicted molar refractivity (Wildman–Crippen MR) is 75.3 cm³/mol. The number of nitrogen functional groups attached to an aromatic ring is 1. The average Bonchev–Trinajstić information content (AvgIpc) is 2.47. The highest BCUT2D eigenvalue weighted by Crippen LogP contribution is 2.22. The van der Waals surface area contributed by atoms with Crippen molar-refractivity contribution in [3.63, 3.8) is 0 Å². The summed E-state index contributed by atoms with van der Waals surface area (Å²) in [5.41, 5.74) is 6.14. The number of anilines is 1. The van der Waals surface area contributed by atoms with Crippen molar-refractivity contribution in [1.82, 2.24) is 10.3 Å². The van der Waals surface area contributed by atoms with Gasteiger partial charge in [0.1, 0.15) is 12.4 Å². The molecular weight excluding hydrogens is 280 g/mol. The summed E-state index contributed by atoms with van der Waals surface area (Å²) < 4.78 is 28.4. The normalized spacial score (nSPS) is 11.0. The number of hydrogen-bond donors (Lipinski definition) is 2. The summed E-state index contributed by atoms with van der Waals surface area (Å²) in [7, 11) is 0. The second-order valence-electron chi connectivity index (χ2n) is 4.32. The van der Waals surface area contributed by atoms with Crippen LogP contribution in [0, 0.1) is 0 Å². The van der Waals surface area contributed by atoms with Crippen molar-refractivity contribution in [2.75, 3.05) is 25.5 Å². The van der Waals surface area contributed by atoms with Crippen LogP contribution in [0.4, 0.5) is 14.6 Å². The van der Waals surface area contributed by atoms with E-state index in [1.807, 2.05) is 0 Å². The lowest BCUT2D eigenvalue weighted by Crippen LogP contribution is -2.28. The number of alkyl halides is 2. The van der Waals surface area contributed by atoms with Crippen LogP contribution in [0.2, 0.25) is 0 Å². The number of carbonyl (C=O) groups excluding carboxylic acids is 1. The highest BCUT2D eigenvalue weighted by atomic mass is 19.3. The first-order valence-electron chi connectivity index (χ1n) is 6.37. The summed E-state index contributed by atoms with van der Waals surface area (Å²) in [4.78, 5) is 16.1. The number of benzene rings is 1. The van der Waals surface area contributed by atoms with Crippen LogP contribution >= 0.6 is 0 Å². The molecule has 0 atom stereocenters. The molecule has 7 heteroatoms. The zero-order valence-electron chi connectivity index (χ0n) is 11.2. The van der Waals surface area contributed by atoms with Gasteiger partial charge in [-0.25, -0.2) is 13.8 Å². The number of rotatable bonds is 6.